The van der Waals surface area contributed by atoms with Gasteiger partial charge in [-0.25, -0.2) is 4.98 Å². The normalized spacial score (nSPS) is 28.5. The average molecular weight is 262 g/mol. The predicted octanol–water partition coefficient (Wildman–Crippen LogP) is 2.05. The molecule has 0 spiro atoms. The Bertz CT molecular complexity index is 474. The summed E-state index contributed by atoms with van der Waals surface area (Å²) in [5, 5.41) is 12.0. The van der Waals surface area contributed by atoms with E-state index in [0.717, 1.165) is 12.4 Å². The standard InChI is InChI=1S/C14H22N4O/c1-9-7-10(2)11(3)18(8-9)14-12(13(15)17-19)5-4-6-16-14/h4-6,9-11,19H,7-8H2,1-3H3,(H2,15,17). The molecule has 5 heteroatoms. The van der Waals surface area contributed by atoms with E-state index < -0.39 is 0 Å². The van der Waals surface area contributed by atoms with E-state index >= 15 is 0 Å². The highest BCUT2D eigenvalue weighted by Crippen LogP contribution is 2.31. The summed E-state index contributed by atoms with van der Waals surface area (Å²) in [4.78, 5) is 6.71. The van der Waals surface area contributed by atoms with Gasteiger partial charge in [-0.15, -0.1) is 0 Å². The van der Waals surface area contributed by atoms with Crippen LogP contribution in [0.25, 0.3) is 0 Å². The van der Waals surface area contributed by atoms with Crippen molar-refractivity contribution in [3.8, 4) is 0 Å². The minimum Gasteiger partial charge on any atom is -0.409 e. The monoisotopic (exact) mass is 262 g/mol. The van der Waals surface area contributed by atoms with Crippen molar-refractivity contribution < 1.29 is 5.21 Å². The van der Waals surface area contributed by atoms with Gasteiger partial charge < -0.3 is 15.8 Å². The molecule has 1 aliphatic rings. The number of nitrogens with zero attached hydrogens (tertiary/aromatic N) is 3. The van der Waals surface area contributed by atoms with Crippen molar-refractivity contribution in [3.63, 3.8) is 0 Å². The Hall–Kier alpha value is -1.78. The van der Waals surface area contributed by atoms with Crippen LogP contribution in [-0.4, -0.2) is 28.6 Å². The molecule has 1 fully saturated rings. The van der Waals surface area contributed by atoms with Crippen molar-refractivity contribution in [3.05, 3.63) is 23.9 Å². The molecular weight excluding hydrogens is 240 g/mol. The third kappa shape index (κ3) is 2.64. The molecule has 1 aromatic heterocycles. The summed E-state index contributed by atoms with van der Waals surface area (Å²) in [5.74, 6) is 2.14. The Morgan fingerprint density at radius 2 is 2.21 bits per heavy atom. The SMILES string of the molecule is CC1CC(C)C(C)N(c2ncccc2/C(N)=N/O)C1. The maximum atomic E-state index is 8.90. The maximum Gasteiger partial charge on any atom is 0.173 e. The fourth-order valence-corrected chi connectivity index (χ4v) is 2.87. The van der Waals surface area contributed by atoms with Gasteiger partial charge in [0.15, 0.2) is 5.84 Å². The number of aromatic nitrogens is 1. The zero-order valence-corrected chi connectivity index (χ0v) is 11.7. The van der Waals surface area contributed by atoms with Gasteiger partial charge in [-0.3, -0.25) is 0 Å². The van der Waals surface area contributed by atoms with Crippen LogP contribution in [0.2, 0.25) is 0 Å². The lowest BCUT2D eigenvalue weighted by atomic mass is 9.86. The van der Waals surface area contributed by atoms with Crippen LogP contribution in [0.4, 0.5) is 5.82 Å². The topological polar surface area (TPSA) is 74.7 Å². The lowest BCUT2D eigenvalue weighted by Gasteiger charge is -2.42. The number of rotatable bonds is 2. The second-order valence-electron chi connectivity index (χ2n) is 5.57. The molecule has 0 radical (unpaired) electrons. The molecule has 0 saturated carbocycles. The summed E-state index contributed by atoms with van der Waals surface area (Å²) < 4.78 is 0. The van der Waals surface area contributed by atoms with Gasteiger partial charge >= 0.3 is 0 Å². The molecule has 5 nitrogen and oxygen atoms in total. The Morgan fingerprint density at radius 3 is 2.89 bits per heavy atom. The first-order chi connectivity index (χ1) is 9.04. The van der Waals surface area contributed by atoms with E-state index in [1.165, 1.54) is 6.42 Å². The number of pyridine rings is 1. The lowest BCUT2D eigenvalue weighted by molar-refractivity contribution is 0.295. The van der Waals surface area contributed by atoms with Crippen LogP contribution in [-0.2, 0) is 0 Å². The highest BCUT2D eigenvalue weighted by atomic mass is 16.4. The third-order valence-electron chi connectivity index (χ3n) is 4.04. The highest BCUT2D eigenvalue weighted by molar-refractivity contribution is 6.01. The Kier molecular flexibility index (Phi) is 3.93. The summed E-state index contributed by atoms with van der Waals surface area (Å²) in [5.41, 5.74) is 6.44. The largest absolute Gasteiger partial charge is 0.409 e. The number of nitrogens with two attached hydrogens (primary N) is 1. The molecule has 3 N–H and O–H groups in total. The van der Waals surface area contributed by atoms with Crippen LogP contribution in [0.5, 0.6) is 0 Å². The summed E-state index contributed by atoms with van der Waals surface area (Å²) in [6, 6.07) is 4.04. The second-order valence-corrected chi connectivity index (χ2v) is 5.57. The number of amidine groups is 1. The van der Waals surface area contributed by atoms with E-state index in [2.05, 4.69) is 35.8 Å². The minimum absolute atomic E-state index is 0.112. The molecule has 1 aromatic rings. The fourth-order valence-electron chi connectivity index (χ4n) is 2.87. The maximum absolute atomic E-state index is 8.90. The second kappa shape index (κ2) is 5.47. The molecule has 1 saturated heterocycles. The van der Waals surface area contributed by atoms with Gasteiger partial charge in [0.1, 0.15) is 5.82 Å². The zero-order chi connectivity index (χ0) is 14.0. The highest BCUT2D eigenvalue weighted by Gasteiger charge is 2.31. The molecule has 3 unspecified atom stereocenters. The van der Waals surface area contributed by atoms with E-state index in [9.17, 15) is 0 Å². The van der Waals surface area contributed by atoms with E-state index in [-0.39, 0.29) is 5.84 Å². The Labute approximate surface area is 114 Å². The van der Waals surface area contributed by atoms with Crippen molar-refractivity contribution in [2.75, 3.05) is 11.4 Å². The molecule has 104 valence electrons. The number of anilines is 1. The molecular formula is C14H22N4O. The summed E-state index contributed by atoms with van der Waals surface area (Å²) in [6.07, 6.45) is 2.98. The van der Waals surface area contributed by atoms with Crippen LogP contribution >= 0.6 is 0 Å². The molecule has 2 heterocycles. The molecule has 0 bridgehead atoms. The van der Waals surface area contributed by atoms with Crippen molar-refractivity contribution in [2.45, 2.75) is 33.2 Å². The van der Waals surface area contributed by atoms with Crippen molar-refractivity contribution in [1.82, 2.24) is 4.98 Å². The molecule has 1 aliphatic heterocycles. The van der Waals surface area contributed by atoms with Gasteiger partial charge in [-0.05, 0) is 37.3 Å². The van der Waals surface area contributed by atoms with Crippen LogP contribution in [0, 0.1) is 11.8 Å². The van der Waals surface area contributed by atoms with E-state index in [1.807, 2.05) is 6.07 Å². The average Bonchev–Trinajstić information content (AvgIpc) is 2.42. The van der Waals surface area contributed by atoms with Crippen LogP contribution in [0.3, 0.4) is 0 Å². The van der Waals surface area contributed by atoms with Crippen LogP contribution < -0.4 is 10.6 Å². The first-order valence-corrected chi connectivity index (χ1v) is 6.74. The molecule has 0 aromatic carbocycles. The quantitative estimate of drug-likeness (QED) is 0.370. The molecule has 3 atom stereocenters. The summed E-state index contributed by atoms with van der Waals surface area (Å²) in [6.45, 7) is 7.68. The van der Waals surface area contributed by atoms with Crippen LogP contribution in [0.15, 0.2) is 23.5 Å². The first-order valence-electron chi connectivity index (χ1n) is 6.74. The smallest absolute Gasteiger partial charge is 0.173 e. The number of hydrogen-bond acceptors (Lipinski definition) is 4. The molecule has 0 amide bonds. The number of hydrogen-bond donors (Lipinski definition) is 2. The van der Waals surface area contributed by atoms with Gasteiger partial charge in [-0.1, -0.05) is 19.0 Å². The van der Waals surface area contributed by atoms with E-state index in [4.69, 9.17) is 10.9 Å². The minimum atomic E-state index is 0.112. The van der Waals surface area contributed by atoms with E-state index in [1.54, 1.807) is 12.3 Å². The summed E-state index contributed by atoms with van der Waals surface area (Å²) >= 11 is 0. The van der Waals surface area contributed by atoms with Gasteiger partial charge in [0, 0.05) is 18.8 Å². The zero-order valence-electron chi connectivity index (χ0n) is 11.7. The Balaban J connectivity index is 2.40. The van der Waals surface area contributed by atoms with Crippen molar-refractivity contribution >= 4 is 11.7 Å². The van der Waals surface area contributed by atoms with E-state index in [0.29, 0.717) is 23.4 Å². The summed E-state index contributed by atoms with van der Waals surface area (Å²) in [7, 11) is 0. The van der Waals surface area contributed by atoms with Gasteiger partial charge in [0.2, 0.25) is 0 Å². The van der Waals surface area contributed by atoms with Gasteiger partial charge in [-0.2, -0.15) is 0 Å². The van der Waals surface area contributed by atoms with Gasteiger partial charge in [0.05, 0.1) is 5.56 Å². The molecule has 19 heavy (non-hydrogen) atoms. The van der Waals surface area contributed by atoms with Crippen molar-refractivity contribution in [2.24, 2.45) is 22.7 Å². The van der Waals surface area contributed by atoms with Crippen LogP contribution in [0.1, 0.15) is 32.8 Å². The third-order valence-corrected chi connectivity index (χ3v) is 4.04. The lowest BCUT2D eigenvalue weighted by Crippen LogP contribution is -2.47. The molecule has 0 aliphatic carbocycles. The van der Waals surface area contributed by atoms with Crippen molar-refractivity contribution in [1.29, 1.82) is 0 Å². The fraction of sp³-hybridized carbons (Fsp3) is 0.571. The first kappa shape index (κ1) is 13.6. The predicted molar refractivity (Wildman–Crippen MR) is 76.5 cm³/mol. The molecule has 2 rings (SSSR count). The Morgan fingerprint density at radius 1 is 1.47 bits per heavy atom. The number of oxime groups is 1. The number of piperidine rings is 1. The van der Waals surface area contributed by atoms with Gasteiger partial charge in [0.25, 0.3) is 0 Å².